The van der Waals surface area contributed by atoms with E-state index in [9.17, 15) is 0 Å². The van der Waals surface area contributed by atoms with Crippen molar-refractivity contribution < 1.29 is 0 Å². The van der Waals surface area contributed by atoms with Crippen LogP contribution in [-0.4, -0.2) is 15.0 Å². The number of rotatable bonds is 2. The maximum atomic E-state index is 5.83. The van der Waals surface area contributed by atoms with E-state index < -0.39 is 7.59 Å². The van der Waals surface area contributed by atoms with Crippen molar-refractivity contribution in [3.05, 3.63) is 40.9 Å². The van der Waals surface area contributed by atoms with E-state index in [-0.39, 0.29) is 16.8 Å². The quantitative estimate of drug-likeness (QED) is 0.493. The minimum atomic E-state index is -1.87. The maximum Gasteiger partial charge on any atom is 0.250 e. The fourth-order valence-corrected chi connectivity index (χ4v) is 2.64. The Hall–Kier alpha value is 0.610. The van der Waals surface area contributed by atoms with Gasteiger partial charge in [0, 0.05) is 9.92 Å². The fraction of sp³-hybridized carbons (Fsp3) is 0.182. The summed E-state index contributed by atoms with van der Waals surface area (Å²) < 4.78 is -3.74. The van der Waals surface area contributed by atoms with Crippen LogP contribution in [0.25, 0.3) is 0 Å². The molecule has 0 aliphatic heterocycles. The van der Waals surface area contributed by atoms with Crippen LogP contribution >= 0.6 is 93.0 Å². The normalized spacial score (nSPS) is 12.5. The summed E-state index contributed by atoms with van der Waals surface area (Å²) in [5, 5.41) is 0.823. The first-order valence-corrected chi connectivity index (χ1v) is 8.86. The Labute approximate surface area is 165 Å². The van der Waals surface area contributed by atoms with Crippen LogP contribution in [0.15, 0.2) is 34.3 Å². The molecule has 0 radical (unpaired) electrons. The van der Waals surface area contributed by atoms with Gasteiger partial charge >= 0.3 is 0 Å². The van der Waals surface area contributed by atoms with Gasteiger partial charge in [0.2, 0.25) is 7.59 Å². The number of aromatic nitrogens is 3. The first-order chi connectivity index (χ1) is 10.1. The molecule has 1 aromatic heterocycles. The Morgan fingerprint density at radius 1 is 0.727 bits per heavy atom. The highest BCUT2D eigenvalue weighted by Crippen LogP contribution is 2.41. The molecule has 1 aromatic carbocycles. The third-order valence-corrected chi connectivity index (χ3v) is 4.28. The van der Waals surface area contributed by atoms with Crippen LogP contribution in [0.1, 0.15) is 11.6 Å². The molecule has 0 atom stereocenters. The first-order valence-electron chi connectivity index (χ1n) is 5.39. The van der Waals surface area contributed by atoms with Gasteiger partial charge < -0.3 is 0 Å². The molecule has 3 nitrogen and oxygen atoms in total. The summed E-state index contributed by atoms with van der Waals surface area (Å²) in [7, 11) is 0. The summed E-state index contributed by atoms with van der Waals surface area (Å²) >= 11 is 41.8. The van der Waals surface area contributed by atoms with E-state index in [4.69, 9.17) is 81.2 Å². The van der Waals surface area contributed by atoms with Crippen molar-refractivity contribution in [2.24, 2.45) is 0 Å². The standard InChI is InChI=1S/C11H4Cl7N3S/c12-5-1-3-6(4-2-5)22-9-20-7(10(13,14)15)19-8(21-9)11(16,17)18/h1-4H. The van der Waals surface area contributed by atoms with Gasteiger partial charge in [-0.2, -0.15) is 0 Å². The van der Waals surface area contributed by atoms with Crippen LogP contribution in [0.4, 0.5) is 0 Å². The van der Waals surface area contributed by atoms with Crippen molar-refractivity contribution in [3.8, 4) is 0 Å². The fourth-order valence-electron chi connectivity index (χ4n) is 1.26. The van der Waals surface area contributed by atoms with Gasteiger partial charge in [-0.25, -0.2) is 15.0 Å². The molecule has 0 amide bonds. The van der Waals surface area contributed by atoms with Crippen molar-refractivity contribution in [3.63, 3.8) is 0 Å². The SMILES string of the molecule is Clc1ccc(Sc2nc(C(Cl)(Cl)Cl)nc(C(Cl)(Cl)Cl)n2)cc1. The second-order valence-corrected chi connectivity index (χ2v) is 9.86. The van der Waals surface area contributed by atoms with Gasteiger partial charge in [-0.05, 0) is 36.0 Å². The van der Waals surface area contributed by atoms with Crippen LogP contribution < -0.4 is 0 Å². The molecule has 2 aromatic rings. The van der Waals surface area contributed by atoms with E-state index >= 15 is 0 Å². The lowest BCUT2D eigenvalue weighted by Gasteiger charge is -2.15. The number of benzene rings is 1. The van der Waals surface area contributed by atoms with Gasteiger partial charge in [0.1, 0.15) is 0 Å². The van der Waals surface area contributed by atoms with Gasteiger partial charge in [0.15, 0.2) is 16.8 Å². The van der Waals surface area contributed by atoms with Crippen LogP contribution in [0.2, 0.25) is 5.02 Å². The van der Waals surface area contributed by atoms with Gasteiger partial charge in [-0.15, -0.1) is 0 Å². The molecule has 0 aliphatic rings. The van der Waals surface area contributed by atoms with Gasteiger partial charge in [0.05, 0.1) is 0 Å². The minimum Gasteiger partial charge on any atom is -0.209 e. The second kappa shape index (κ2) is 7.24. The second-order valence-electron chi connectivity index (χ2n) is 3.82. The molecule has 11 heteroatoms. The Balaban J connectivity index is 2.44. The lowest BCUT2D eigenvalue weighted by molar-refractivity contribution is 0.768. The number of hydrogen-bond acceptors (Lipinski definition) is 4. The smallest absolute Gasteiger partial charge is 0.209 e. The van der Waals surface area contributed by atoms with E-state index in [0.717, 1.165) is 4.90 Å². The van der Waals surface area contributed by atoms with Crippen LogP contribution in [-0.2, 0) is 7.59 Å². The molecule has 0 saturated heterocycles. The summed E-state index contributed by atoms with van der Waals surface area (Å²) in [6.45, 7) is 0. The van der Waals surface area contributed by atoms with Gasteiger partial charge in [0.25, 0.3) is 0 Å². The Bertz CT molecular complexity index is 635. The Kier molecular flexibility index (Phi) is 6.23. The van der Waals surface area contributed by atoms with Crippen molar-refractivity contribution >= 4 is 93.0 Å². The summed E-state index contributed by atoms with van der Waals surface area (Å²) in [4.78, 5) is 12.8. The summed E-state index contributed by atoms with van der Waals surface area (Å²) in [5.74, 6) is -0.268. The highest BCUT2D eigenvalue weighted by Gasteiger charge is 2.33. The molecular weight excluding hydrogens is 454 g/mol. The zero-order valence-electron chi connectivity index (χ0n) is 10.2. The first kappa shape index (κ1) is 18.9. The van der Waals surface area contributed by atoms with Crippen molar-refractivity contribution in [1.29, 1.82) is 0 Å². The molecule has 0 unspecified atom stereocenters. The minimum absolute atomic E-state index is 0.134. The van der Waals surface area contributed by atoms with Crippen LogP contribution in [0.5, 0.6) is 0 Å². The molecule has 0 aliphatic carbocycles. The molecular formula is C11H4Cl7N3S. The maximum absolute atomic E-state index is 5.83. The Morgan fingerprint density at radius 3 is 1.59 bits per heavy atom. The van der Waals surface area contributed by atoms with Gasteiger partial charge in [-0.1, -0.05) is 81.2 Å². The van der Waals surface area contributed by atoms with Crippen molar-refractivity contribution in [2.45, 2.75) is 17.6 Å². The average molecular weight is 458 g/mol. The lowest BCUT2D eigenvalue weighted by Crippen LogP contribution is -2.16. The molecule has 0 N–H and O–H groups in total. The molecule has 0 fully saturated rings. The number of hydrogen-bond donors (Lipinski definition) is 0. The predicted molar refractivity (Wildman–Crippen MR) is 93.9 cm³/mol. The molecule has 0 bridgehead atoms. The third kappa shape index (κ3) is 5.32. The summed E-state index contributed by atoms with van der Waals surface area (Å²) in [5.41, 5.74) is 0. The van der Waals surface area contributed by atoms with Crippen LogP contribution in [0, 0.1) is 0 Å². The molecule has 0 spiro atoms. The van der Waals surface area contributed by atoms with Crippen molar-refractivity contribution in [2.75, 3.05) is 0 Å². The average Bonchev–Trinajstić information content (AvgIpc) is 2.39. The third-order valence-electron chi connectivity index (χ3n) is 2.14. The number of halogens is 7. The molecule has 2 rings (SSSR count). The van der Waals surface area contributed by atoms with E-state index in [0.29, 0.717) is 5.02 Å². The number of nitrogens with zero attached hydrogens (tertiary/aromatic N) is 3. The highest BCUT2D eigenvalue weighted by molar-refractivity contribution is 7.99. The zero-order valence-corrected chi connectivity index (χ0v) is 16.3. The zero-order chi connectivity index (χ0) is 16.5. The summed E-state index contributed by atoms with van der Waals surface area (Å²) in [6, 6.07) is 7.00. The molecule has 1 heterocycles. The highest BCUT2D eigenvalue weighted by atomic mass is 35.6. The Morgan fingerprint density at radius 2 is 1.18 bits per heavy atom. The largest absolute Gasteiger partial charge is 0.250 e. The summed E-state index contributed by atoms with van der Waals surface area (Å²) in [6.07, 6.45) is 0. The molecule has 0 saturated carbocycles. The molecule has 22 heavy (non-hydrogen) atoms. The predicted octanol–water partition coefficient (Wildman–Crippen LogP) is 6.33. The van der Waals surface area contributed by atoms with Crippen molar-refractivity contribution in [1.82, 2.24) is 15.0 Å². The van der Waals surface area contributed by atoms with Crippen LogP contribution in [0.3, 0.4) is 0 Å². The molecule has 118 valence electrons. The van der Waals surface area contributed by atoms with E-state index in [2.05, 4.69) is 15.0 Å². The number of alkyl halides is 6. The topological polar surface area (TPSA) is 38.7 Å². The monoisotopic (exact) mass is 455 g/mol. The van der Waals surface area contributed by atoms with E-state index in [1.54, 1.807) is 24.3 Å². The van der Waals surface area contributed by atoms with Gasteiger partial charge in [-0.3, -0.25) is 0 Å². The lowest BCUT2D eigenvalue weighted by atomic mass is 10.4. The van der Waals surface area contributed by atoms with E-state index in [1.165, 1.54) is 11.8 Å². The van der Waals surface area contributed by atoms with E-state index in [1.807, 2.05) is 0 Å².